The summed E-state index contributed by atoms with van der Waals surface area (Å²) in [6.07, 6.45) is 0. The number of nitrogens with zero attached hydrogens (tertiary/aromatic N) is 3. The Morgan fingerprint density at radius 2 is 1.84 bits per heavy atom. The number of hydrogen-bond donors (Lipinski definition) is 1. The summed E-state index contributed by atoms with van der Waals surface area (Å²) in [5, 5.41) is 7.84. The van der Waals surface area contributed by atoms with Gasteiger partial charge in [-0.1, -0.05) is 36.4 Å². The number of carbonyl (C=O) groups is 1. The molecule has 0 unspecified atom stereocenters. The van der Waals surface area contributed by atoms with Gasteiger partial charge in [0.05, 0.1) is 32.1 Å². The van der Waals surface area contributed by atoms with E-state index in [-0.39, 0.29) is 6.61 Å². The number of aromatic nitrogens is 3. The highest BCUT2D eigenvalue weighted by atomic mass is 16.5. The van der Waals surface area contributed by atoms with Crippen LogP contribution in [-0.2, 0) is 9.53 Å². The van der Waals surface area contributed by atoms with E-state index < -0.39 is 12.0 Å². The van der Waals surface area contributed by atoms with Gasteiger partial charge in [0.2, 0.25) is 5.95 Å². The molecule has 0 spiro atoms. The Kier molecular flexibility index (Phi) is 5.62. The average Bonchev–Trinajstić information content (AvgIpc) is 3.17. The van der Waals surface area contributed by atoms with Gasteiger partial charge in [0.25, 0.3) is 0 Å². The van der Waals surface area contributed by atoms with E-state index in [1.807, 2.05) is 55.5 Å². The standard InChI is InChI=1S/C23H24N4O4/c1-5-31-22(28)19-20(15-9-7-6-8-10-15)25-23-24-14(2)26-27(23)21(19)16-11-12-17(29-3)18(13-16)30-4/h6-13,21H,5H2,1-4H3,(H,24,25,26)/t21-/m0/s1. The number of rotatable bonds is 6. The molecular formula is C23H24N4O4. The summed E-state index contributed by atoms with van der Waals surface area (Å²) < 4.78 is 18.0. The Hall–Kier alpha value is -3.81. The Morgan fingerprint density at radius 1 is 1.10 bits per heavy atom. The summed E-state index contributed by atoms with van der Waals surface area (Å²) >= 11 is 0. The van der Waals surface area contributed by atoms with Crippen molar-refractivity contribution in [2.45, 2.75) is 19.9 Å². The number of hydrogen-bond acceptors (Lipinski definition) is 7. The number of anilines is 1. The van der Waals surface area contributed by atoms with Crippen molar-refractivity contribution in [1.82, 2.24) is 14.8 Å². The monoisotopic (exact) mass is 420 g/mol. The summed E-state index contributed by atoms with van der Waals surface area (Å²) in [6, 6.07) is 14.6. The van der Waals surface area contributed by atoms with Crippen LogP contribution in [0.3, 0.4) is 0 Å². The lowest BCUT2D eigenvalue weighted by atomic mass is 9.92. The highest BCUT2D eigenvalue weighted by Crippen LogP contribution is 2.41. The van der Waals surface area contributed by atoms with Crippen LogP contribution in [0.5, 0.6) is 11.5 Å². The van der Waals surface area contributed by atoms with E-state index in [9.17, 15) is 4.79 Å². The SMILES string of the molecule is CCOC(=O)C1=C(c2ccccc2)Nc2nc(C)nn2[C@H]1c1ccc(OC)c(OC)c1. The van der Waals surface area contributed by atoms with Crippen LogP contribution in [0, 0.1) is 6.92 Å². The van der Waals surface area contributed by atoms with Crippen molar-refractivity contribution in [3.05, 3.63) is 71.1 Å². The van der Waals surface area contributed by atoms with Crippen molar-refractivity contribution < 1.29 is 19.0 Å². The zero-order valence-electron chi connectivity index (χ0n) is 17.9. The number of carbonyl (C=O) groups excluding carboxylic acids is 1. The molecule has 3 aromatic rings. The highest BCUT2D eigenvalue weighted by molar-refractivity contribution is 6.02. The molecule has 2 aromatic carbocycles. The van der Waals surface area contributed by atoms with Crippen molar-refractivity contribution >= 4 is 17.6 Å². The summed E-state index contributed by atoms with van der Waals surface area (Å²) in [5.41, 5.74) is 2.72. The second-order valence-corrected chi connectivity index (χ2v) is 6.94. The first kappa shape index (κ1) is 20.5. The zero-order chi connectivity index (χ0) is 22.0. The number of benzene rings is 2. The Bertz CT molecular complexity index is 1140. The van der Waals surface area contributed by atoms with Gasteiger partial charge in [-0.2, -0.15) is 10.1 Å². The number of esters is 1. The fourth-order valence-corrected chi connectivity index (χ4v) is 3.72. The van der Waals surface area contributed by atoms with E-state index in [1.165, 1.54) is 0 Å². The predicted octanol–water partition coefficient (Wildman–Crippen LogP) is 3.59. The molecule has 0 saturated carbocycles. The maximum atomic E-state index is 13.2. The van der Waals surface area contributed by atoms with Gasteiger partial charge >= 0.3 is 5.97 Å². The lowest BCUT2D eigenvalue weighted by Crippen LogP contribution is -2.30. The zero-order valence-corrected chi connectivity index (χ0v) is 17.9. The molecule has 8 heteroatoms. The summed E-state index contributed by atoms with van der Waals surface area (Å²) in [5.74, 6) is 1.86. The van der Waals surface area contributed by atoms with Crippen LogP contribution in [0.25, 0.3) is 5.70 Å². The lowest BCUT2D eigenvalue weighted by Gasteiger charge is -2.29. The smallest absolute Gasteiger partial charge is 0.338 e. The third kappa shape index (κ3) is 3.72. The molecule has 4 rings (SSSR count). The van der Waals surface area contributed by atoms with Crippen molar-refractivity contribution in [2.24, 2.45) is 0 Å². The third-order valence-corrected chi connectivity index (χ3v) is 5.04. The summed E-state index contributed by atoms with van der Waals surface area (Å²) in [6.45, 7) is 3.85. The van der Waals surface area contributed by atoms with Crippen LogP contribution in [0.15, 0.2) is 54.1 Å². The van der Waals surface area contributed by atoms with Gasteiger partial charge in [-0.05, 0) is 37.1 Å². The number of aryl methyl sites for hydroxylation is 1. The van der Waals surface area contributed by atoms with Crippen LogP contribution >= 0.6 is 0 Å². The average molecular weight is 420 g/mol. The summed E-state index contributed by atoms with van der Waals surface area (Å²) in [4.78, 5) is 17.7. The molecule has 0 saturated heterocycles. The predicted molar refractivity (Wildman–Crippen MR) is 116 cm³/mol. The minimum atomic E-state index is -0.563. The number of ether oxygens (including phenoxy) is 3. The first-order chi connectivity index (χ1) is 15.1. The minimum Gasteiger partial charge on any atom is -0.493 e. The van der Waals surface area contributed by atoms with Crippen molar-refractivity contribution in [1.29, 1.82) is 0 Å². The maximum Gasteiger partial charge on any atom is 0.338 e. The van der Waals surface area contributed by atoms with Crippen LogP contribution in [0.2, 0.25) is 0 Å². The van der Waals surface area contributed by atoms with Crippen LogP contribution in [-0.4, -0.2) is 41.6 Å². The van der Waals surface area contributed by atoms with E-state index in [0.717, 1.165) is 11.1 Å². The molecule has 1 N–H and O–H groups in total. The second-order valence-electron chi connectivity index (χ2n) is 6.94. The molecule has 0 bridgehead atoms. The van der Waals surface area contributed by atoms with Gasteiger partial charge in [0.15, 0.2) is 11.5 Å². The fourth-order valence-electron chi connectivity index (χ4n) is 3.72. The van der Waals surface area contributed by atoms with Gasteiger partial charge in [-0.25, -0.2) is 9.48 Å². The van der Waals surface area contributed by atoms with Crippen molar-refractivity contribution in [3.8, 4) is 11.5 Å². The Labute approximate surface area is 180 Å². The van der Waals surface area contributed by atoms with Gasteiger partial charge in [-0.15, -0.1) is 0 Å². The minimum absolute atomic E-state index is 0.256. The molecule has 0 amide bonds. The van der Waals surface area contributed by atoms with Gasteiger partial charge in [0, 0.05) is 0 Å². The quantitative estimate of drug-likeness (QED) is 0.610. The second kappa shape index (κ2) is 8.51. The van der Waals surface area contributed by atoms with Gasteiger partial charge in [0.1, 0.15) is 11.9 Å². The number of fused-ring (bicyclic) bond motifs is 1. The van der Waals surface area contributed by atoms with Crippen LogP contribution in [0.4, 0.5) is 5.95 Å². The van der Waals surface area contributed by atoms with E-state index >= 15 is 0 Å². The molecule has 0 fully saturated rings. The molecule has 8 nitrogen and oxygen atoms in total. The van der Waals surface area contributed by atoms with Crippen LogP contribution < -0.4 is 14.8 Å². The van der Waals surface area contributed by atoms with Gasteiger partial charge in [-0.3, -0.25) is 0 Å². The number of nitrogens with one attached hydrogen (secondary N) is 1. The molecular weight excluding hydrogens is 396 g/mol. The maximum absolute atomic E-state index is 13.2. The third-order valence-electron chi connectivity index (χ3n) is 5.04. The first-order valence-corrected chi connectivity index (χ1v) is 9.96. The van der Waals surface area contributed by atoms with E-state index in [4.69, 9.17) is 14.2 Å². The lowest BCUT2D eigenvalue weighted by molar-refractivity contribution is -0.138. The topological polar surface area (TPSA) is 87.5 Å². The summed E-state index contributed by atoms with van der Waals surface area (Å²) in [7, 11) is 3.16. The largest absolute Gasteiger partial charge is 0.493 e. The molecule has 2 heterocycles. The van der Waals surface area contributed by atoms with E-state index in [1.54, 1.807) is 25.8 Å². The normalized spacial score (nSPS) is 15.2. The molecule has 0 aliphatic carbocycles. The molecule has 31 heavy (non-hydrogen) atoms. The van der Waals surface area contributed by atoms with E-state index in [2.05, 4.69) is 15.4 Å². The fraction of sp³-hybridized carbons (Fsp3) is 0.261. The molecule has 0 radical (unpaired) electrons. The Balaban J connectivity index is 1.98. The molecule has 1 atom stereocenters. The van der Waals surface area contributed by atoms with Crippen molar-refractivity contribution in [3.63, 3.8) is 0 Å². The molecule has 1 aromatic heterocycles. The number of methoxy groups -OCH3 is 2. The van der Waals surface area contributed by atoms with Crippen molar-refractivity contribution in [2.75, 3.05) is 26.1 Å². The highest BCUT2D eigenvalue weighted by Gasteiger charge is 2.37. The van der Waals surface area contributed by atoms with E-state index in [0.29, 0.717) is 34.5 Å². The molecule has 1 aliphatic heterocycles. The van der Waals surface area contributed by atoms with Crippen LogP contribution in [0.1, 0.15) is 29.9 Å². The Morgan fingerprint density at radius 3 is 2.52 bits per heavy atom. The first-order valence-electron chi connectivity index (χ1n) is 9.96. The molecule has 1 aliphatic rings. The molecule has 160 valence electrons. The van der Waals surface area contributed by atoms with Gasteiger partial charge < -0.3 is 19.5 Å².